The average Bonchev–Trinajstić information content (AvgIpc) is 2.22. The van der Waals surface area contributed by atoms with Crippen LogP contribution in [0.3, 0.4) is 0 Å². The second-order valence-electron chi connectivity index (χ2n) is 7.32. The second-order valence-corrected chi connectivity index (χ2v) is 12.1. The van der Waals surface area contributed by atoms with Crippen molar-refractivity contribution < 1.29 is 14.0 Å². The molecule has 0 saturated carbocycles. The molecule has 4 heteroatoms. The Bertz CT molecular complexity index is 282. The molecule has 0 bridgehead atoms. The van der Waals surface area contributed by atoms with E-state index in [9.17, 15) is 4.79 Å². The molecular weight excluding hydrogens is 256 g/mol. The quantitative estimate of drug-likeness (QED) is 0.519. The van der Waals surface area contributed by atoms with E-state index in [-0.39, 0.29) is 11.0 Å². The maximum Gasteiger partial charge on any atom is 0.302 e. The van der Waals surface area contributed by atoms with E-state index in [2.05, 4.69) is 47.7 Å². The predicted molar refractivity (Wildman–Crippen MR) is 82.7 cm³/mol. The molecule has 0 heterocycles. The van der Waals surface area contributed by atoms with Gasteiger partial charge in [0.1, 0.15) is 0 Å². The molecule has 0 rings (SSSR count). The van der Waals surface area contributed by atoms with E-state index >= 15 is 0 Å². The van der Waals surface area contributed by atoms with Gasteiger partial charge in [0, 0.05) is 13.5 Å². The summed E-state index contributed by atoms with van der Waals surface area (Å²) in [5.74, 6) is 0.693. The third-order valence-electron chi connectivity index (χ3n) is 3.91. The fourth-order valence-corrected chi connectivity index (χ4v) is 2.78. The van der Waals surface area contributed by atoms with Crippen molar-refractivity contribution in [3.8, 4) is 0 Å². The Morgan fingerprint density at radius 2 is 1.58 bits per heavy atom. The molecule has 0 aliphatic heterocycles. The van der Waals surface area contributed by atoms with Crippen LogP contribution in [0.25, 0.3) is 0 Å². The maximum atomic E-state index is 10.8. The van der Waals surface area contributed by atoms with Gasteiger partial charge in [0.2, 0.25) is 0 Å². The first-order valence-electron chi connectivity index (χ1n) is 7.23. The summed E-state index contributed by atoms with van der Waals surface area (Å²) >= 11 is 0. The molecule has 2 atom stereocenters. The lowest BCUT2D eigenvalue weighted by Gasteiger charge is -2.37. The standard InChI is InChI=1S/C15H32O3Si/c1-12(10-17-14(3)16)9-13(2)11-18-19(7,8)15(4,5)6/h12-13H,9-11H2,1-8H3/t12-,13+/m0/s1. The van der Waals surface area contributed by atoms with Crippen LogP contribution in [0.5, 0.6) is 0 Å². The highest BCUT2D eigenvalue weighted by Crippen LogP contribution is 2.36. The number of ether oxygens (including phenoxy) is 1. The molecule has 0 aliphatic rings. The Morgan fingerprint density at radius 1 is 1.11 bits per heavy atom. The molecule has 0 saturated heterocycles. The van der Waals surface area contributed by atoms with Crippen molar-refractivity contribution >= 4 is 14.3 Å². The smallest absolute Gasteiger partial charge is 0.302 e. The van der Waals surface area contributed by atoms with Crippen LogP contribution >= 0.6 is 0 Å². The Labute approximate surface area is 120 Å². The molecule has 0 N–H and O–H groups in total. The SMILES string of the molecule is CC(=O)OC[C@@H](C)C[C@@H](C)CO[Si](C)(C)C(C)(C)C. The summed E-state index contributed by atoms with van der Waals surface area (Å²) in [7, 11) is -1.64. The zero-order chi connectivity index (χ0) is 15.3. The molecule has 0 radical (unpaired) electrons. The van der Waals surface area contributed by atoms with Crippen LogP contribution in [0.15, 0.2) is 0 Å². The molecule has 0 aliphatic carbocycles. The highest BCUT2D eigenvalue weighted by Gasteiger charge is 2.37. The van der Waals surface area contributed by atoms with Crippen molar-refractivity contribution in [3.63, 3.8) is 0 Å². The first-order valence-corrected chi connectivity index (χ1v) is 10.1. The van der Waals surface area contributed by atoms with E-state index < -0.39 is 8.32 Å². The fraction of sp³-hybridized carbons (Fsp3) is 0.933. The number of hydrogen-bond donors (Lipinski definition) is 0. The van der Waals surface area contributed by atoms with E-state index in [0.717, 1.165) is 13.0 Å². The van der Waals surface area contributed by atoms with Gasteiger partial charge in [-0.1, -0.05) is 34.6 Å². The second kappa shape index (κ2) is 7.43. The highest BCUT2D eigenvalue weighted by atomic mass is 28.4. The lowest BCUT2D eigenvalue weighted by atomic mass is 9.99. The topological polar surface area (TPSA) is 35.5 Å². The lowest BCUT2D eigenvalue weighted by molar-refractivity contribution is -0.142. The van der Waals surface area contributed by atoms with Crippen molar-refractivity contribution in [2.24, 2.45) is 11.8 Å². The van der Waals surface area contributed by atoms with Crippen molar-refractivity contribution in [1.82, 2.24) is 0 Å². The number of rotatable bonds is 7. The molecule has 19 heavy (non-hydrogen) atoms. The summed E-state index contributed by atoms with van der Waals surface area (Å²) in [5.41, 5.74) is 0. The molecule has 0 amide bonds. The number of carbonyl (C=O) groups is 1. The maximum absolute atomic E-state index is 10.8. The zero-order valence-electron chi connectivity index (χ0n) is 14.0. The first-order chi connectivity index (χ1) is 8.45. The van der Waals surface area contributed by atoms with Crippen molar-refractivity contribution in [2.45, 2.75) is 66.1 Å². The van der Waals surface area contributed by atoms with Gasteiger partial charge in [0.25, 0.3) is 0 Å². The fourth-order valence-electron chi connectivity index (χ4n) is 1.65. The molecule has 0 aromatic rings. The van der Waals surface area contributed by atoms with Gasteiger partial charge >= 0.3 is 5.97 Å². The minimum absolute atomic E-state index is 0.197. The summed E-state index contributed by atoms with van der Waals surface area (Å²) in [6.07, 6.45) is 1.03. The molecule has 0 aromatic carbocycles. The van der Waals surface area contributed by atoms with Crippen LogP contribution in [0.4, 0.5) is 0 Å². The average molecular weight is 289 g/mol. The third-order valence-corrected chi connectivity index (χ3v) is 8.41. The zero-order valence-corrected chi connectivity index (χ0v) is 15.0. The van der Waals surface area contributed by atoms with Gasteiger partial charge in [-0.15, -0.1) is 0 Å². The molecule has 0 unspecified atom stereocenters. The lowest BCUT2D eigenvalue weighted by Crippen LogP contribution is -2.41. The van der Waals surface area contributed by atoms with E-state index in [1.807, 2.05) is 0 Å². The Hall–Kier alpha value is -0.353. The van der Waals surface area contributed by atoms with Crippen LogP contribution in [0.1, 0.15) is 48.0 Å². The summed E-state index contributed by atoms with van der Waals surface area (Å²) in [6.45, 7) is 18.4. The van der Waals surface area contributed by atoms with E-state index in [1.165, 1.54) is 6.92 Å². The number of hydrogen-bond acceptors (Lipinski definition) is 3. The summed E-state index contributed by atoms with van der Waals surface area (Å²) in [5, 5.41) is 0.260. The van der Waals surface area contributed by atoms with E-state index in [0.29, 0.717) is 18.4 Å². The Balaban J connectivity index is 4.05. The van der Waals surface area contributed by atoms with Crippen molar-refractivity contribution in [1.29, 1.82) is 0 Å². The van der Waals surface area contributed by atoms with Gasteiger partial charge in [0.15, 0.2) is 8.32 Å². The van der Waals surface area contributed by atoms with Crippen molar-refractivity contribution in [3.05, 3.63) is 0 Å². The van der Waals surface area contributed by atoms with E-state index in [1.54, 1.807) is 0 Å². The van der Waals surface area contributed by atoms with Gasteiger partial charge in [-0.25, -0.2) is 0 Å². The largest absolute Gasteiger partial charge is 0.466 e. The van der Waals surface area contributed by atoms with Crippen molar-refractivity contribution in [2.75, 3.05) is 13.2 Å². The van der Waals surface area contributed by atoms with Crippen LogP contribution in [-0.2, 0) is 14.0 Å². The Morgan fingerprint density at radius 3 is 2.00 bits per heavy atom. The predicted octanol–water partition coefficient (Wildman–Crippen LogP) is 4.23. The normalized spacial score (nSPS) is 16.0. The van der Waals surface area contributed by atoms with Gasteiger partial charge < -0.3 is 9.16 Å². The molecule has 0 aromatic heterocycles. The van der Waals surface area contributed by atoms with Gasteiger partial charge in [-0.2, -0.15) is 0 Å². The molecule has 3 nitrogen and oxygen atoms in total. The monoisotopic (exact) mass is 288 g/mol. The number of esters is 1. The molecule has 114 valence electrons. The minimum Gasteiger partial charge on any atom is -0.466 e. The summed E-state index contributed by atoms with van der Waals surface area (Å²) in [6, 6.07) is 0. The molecule has 0 spiro atoms. The highest BCUT2D eigenvalue weighted by molar-refractivity contribution is 6.74. The van der Waals surface area contributed by atoms with Crippen LogP contribution < -0.4 is 0 Å². The third kappa shape index (κ3) is 7.73. The van der Waals surface area contributed by atoms with Crippen LogP contribution in [0, 0.1) is 11.8 Å². The Kier molecular flexibility index (Phi) is 7.30. The number of carbonyl (C=O) groups excluding carboxylic acids is 1. The first kappa shape index (κ1) is 18.6. The molecule has 0 fully saturated rings. The van der Waals surface area contributed by atoms with Gasteiger partial charge in [0.05, 0.1) is 6.61 Å². The van der Waals surface area contributed by atoms with E-state index in [4.69, 9.17) is 9.16 Å². The van der Waals surface area contributed by atoms with Gasteiger partial charge in [-0.3, -0.25) is 4.79 Å². The summed E-state index contributed by atoms with van der Waals surface area (Å²) < 4.78 is 11.2. The summed E-state index contributed by atoms with van der Waals surface area (Å²) in [4.78, 5) is 10.8. The minimum atomic E-state index is -1.64. The van der Waals surface area contributed by atoms with Gasteiger partial charge in [-0.05, 0) is 36.4 Å². The van der Waals surface area contributed by atoms with Crippen LogP contribution in [-0.4, -0.2) is 27.5 Å². The van der Waals surface area contributed by atoms with Crippen LogP contribution in [0.2, 0.25) is 18.1 Å². The molecular formula is C15H32O3Si.